The highest BCUT2D eigenvalue weighted by Gasteiger charge is 2.14. The summed E-state index contributed by atoms with van der Waals surface area (Å²) in [6.07, 6.45) is 0.926. The van der Waals surface area contributed by atoms with E-state index in [9.17, 15) is 17.6 Å². The third-order valence-corrected chi connectivity index (χ3v) is 6.15. The van der Waals surface area contributed by atoms with Gasteiger partial charge in [0, 0.05) is 13.1 Å². The van der Waals surface area contributed by atoms with Gasteiger partial charge in [-0.15, -0.1) is 0 Å². The fourth-order valence-electron chi connectivity index (χ4n) is 2.95. The molecule has 0 bridgehead atoms. The minimum absolute atomic E-state index is 0.0301. The van der Waals surface area contributed by atoms with Gasteiger partial charge < -0.3 is 10.1 Å². The molecule has 0 aliphatic rings. The van der Waals surface area contributed by atoms with E-state index >= 15 is 0 Å². The molecular formula is C24H25FN2O4S. The maximum atomic E-state index is 13.3. The van der Waals surface area contributed by atoms with Gasteiger partial charge >= 0.3 is 0 Å². The van der Waals surface area contributed by atoms with E-state index in [1.807, 2.05) is 24.3 Å². The molecule has 0 unspecified atom stereocenters. The molecule has 0 aliphatic carbocycles. The number of hydrogen-bond donors (Lipinski definition) is 2. The van der Waals surface area contributed by atoms with Crippen LogP contribution in [0.2, 0.25) is 0 Å². The Morgan fingerprint density at radius 3 is 2.28 bits per heavy atom. The van der Waals surface area contributed by atoms with E-state index in [1.54, 1.807) is 18.2 Å². The second kappa shape index (κ2) is 10.9. The van der Waals surface area contributed by atoms with Crippen molar-refractivity contribution in [1.29, 1.82) is 0 Å². The number of nitrogens with one attached hydrogen (secondary N) is 2. The zero-order valence-electron chi connectivity index (χ0n) is 17.7. The number of aryl methyl sites for hydroxylation is 1. The van der Waals surface area contributed by atoms with E-state index in [0.29, 0.717) is 16.9 Å². The van der Waals surface area contributed by atoms with Crippen molar-refractivity contribution in [3.63, 3.8) is 0 Å². The Bertz CT molecular complexity index is 1160. The molecule has 3 rings (SSSR count). The molecule has 1 amide bonds. The maximum Gasteiger partial charge on any atom is 0.258 e. The molecule has 0 aliphatic heterocycles. The molecule has 0 saturated carbocycles. The van der Waals surface area contributed by atoms with Gasteiger partial charge in [0.25, 0.3) is 5.91 Å². The van der Waals surface area contributed by atoms with Crippen molar-refractivity contribution in [2.75, 3.05) is 6.61 Å². The van der Waals surface area contributed by atoms with Gasteiger partial charge in [0.05, 0.1) is 4.90 Å². The summed E-state index contributed by atoms with van der Waals surface area (Å²) in [5.41, 5.74) is 2.32. The van der Waals surface area contributed by atoms with Crippen LogP contribution in [0, 0.1) is 5.82 Å². The summed E-state index contributed by atoms with van der Waals surface area (Å²) < 4.78 is 46.3. The Kier molecular flexibility index (Phi) is 7.97. The summed E-state index contributed by atoms with van der Waals surface area (Å²) in [5.74, 6) is -0.140. The Labute approximate surface area is 187 Å². The highest BCUT2D eigenvalue weighted by molar-refractivity contribution is 7.89. The molecule has 6 nitrogen and oxygen atoms in total. The number of benzene rings is 3. The van der Waals surface area contributed by atoms with Crippen molar-refractivity contribution in [3.05, 3.63) is 95.3 Å². The molecule has 3 aromatic rings. The predicted octanol–water partition coefficient (Wildman–Crippen LogP) is 3.56. The number of sulfonamides is 1. The van der Waals surface area contributed by atoms with E-state index in [4.69, 9.17) is 4.74 Å². The second-order valence-electron chi connectivity index (χ2n) is 7.16. The molecule has 8 heteroatoms. The first-order chi connectivity index (χ1) is 15.4. The van der Waals surface area contributed by atoms with Crippen molar-refractivity contribution >= 4 is 15.9 Å². The first-order valence-electron chi connectivity index (χ1n) is 10.2. The minimum Gasteiger partial charge on any atom is -0.484 e. The van der Waals surface area contributed by atoms with Gasteiger partial charge in [-0.1, -0.05) is 43.3 Å². The summed E-state index contributed by atoms with van der Waals surface area (Å²) >= 11 is 0. The van der Waals surface area contributed by atoms with Crippen LogP contribution in [0.1, 0.15) is 23.6 Å². The number of carbonyl (C=O) groups is 1. The van der Waals surface area contributed by atoms with Gasteiger partial charge in [0.1, 0.15) is 11.6 Å². The number of amides is 1. The molecule has 0 fully saturated rings. The SMILES string of the molecule is CCc1ccc(OCC(=O)NCc2cccc(S(=O)(=O)NCc3cccc(F)c3)c2)cc1. The fraction of sp³-hybridized carbons (Fsp3) is 0.208. The molecule has 0 radical (unpaired) electrons. The summed E-state index contributed by atoms with van der Waals surface area (Å²) in [4.78, 5) is 12.1. The Hall–Kier alpha value is -3.23. The lowest BCUT2D eigenvalue weighted by Gasteiger charge is -2.10. The first kappa shape index (κ1) is 23.4. The van der Waals surface area contributed by atoms with Gasteiger partial charge in [-0.25, -0.2) is 17.5 Å². The fourth-order valence-corrected chi connectivity index (χ4v) is 4.04. The average Bonchev–Trinajstić information content (AvgIpc) is 2.81. The predicted molar refractivity (Wildman–Crippen MR) is 120 cm³/mol. The van der Waals surface area contributed by atoms with Gasteiger partial charge in [0.15, 0.2) is 6.61 Å². The van der Waals surface area contributed by atoms with Gasteiger partial charge in [0.2, 0.25) is 10.0 Å². The van der Waals surface area contributed by atoms with Crippen molar-refractivity contribution in [1.82, 2.24) is 10.0 Å². The summed E-state index contributed by atoms with van der Waals surface area (Å²) in [6, 6.07) is 19.5. The Morgan fingerprint density at radius 2 is 1.59 bits per heavy atom. The standard InChI is InChI=1S/C24H25FN2O4S/c1-2-18-9-11-22(12-10-18)31-17-24(28)26-15-20-6-4-8-23(14-20)32(29,30)27-16-19-5-3-7-21(25)13-19/h3-14,27H,2,15-17H2,1H3,(H,26,28). The van der Waals surface area contributed by atoms with Crippen LogP contribution in [0.4, 0.5) is 4.39 Å². The van der Waals surface area contributed by atoms with Crippen LogP contribution in [0.25, 0.3) is 0 Å². The first-order valence-corrected chi connectivity index (χ1v) is 11.7. The number of ether oxygens (including phenoxy) is 1. The molecule has 0 heterocycles. The topological polar surface area (TPSA) is 84.5 Å². The largest absolute Gasteiger partial charge is 0.484 e. The average molecular weight is 457 g/mol. The van der Waals surface area contributed by atoms with Crippen LogP contribution in [-0.4, -0.2) is 20.9 Å². The molecular weight excluding hydrogens is 431 g/mol. The van der Waals surface area contributed by atoms with Gasteiger partial charge in [-0.05, 0) is 59.5 Å². The molecule has 0 spiro atoms. The summed E-state index contributed by atoms with van der Waals surface area (Å²) in [5, 5.41) is 2.71. The van der Waals surface area contributed by atoms with Crippen molar-refractivity contribution in [3.8, 4) is 5.75 Å². The van der Waals surface area contributed by atoms with Crippen LogP contribution < -0.4 is 14.8 Å². The van der Waals surface area contributed by atoms with E-state index in [1.165, 1.54) is 35.9 Å². The molecule has 0 atom stereocenters. The molecule has 2 N–H and O–H groups in total. The lowest BCUT2D eigenvalue weighted by atomic mass is 10.2. The maximum absolute atomic E-state index is 13.3. The second-order valence-corrected chi connectivity index (χ2v) is 8.93. The normalized spacial score (nSPS) is 11.2. The van der Waals surface area contributed by atoms with Gasteiger partial charge in [-0.3, -0.25) is 4.79 Å². The summed E-state index contributed by atoms with van der Waals surface area (Å²) in [6.45, 7) is 2.05. The Morgan fingerprint density at radius 1 is 0.906 bits per heavy atom. The monoisotopic (exact) mass is 456 g/mol. The minimum atomic E-state index is -3.79. The number of carbonyl (C=O) groups excluding carboxylic acids is 1. The summed E-state index contributed by atoms with van der Waals surface area (Å²) in [7, 11) is -3.79. The lowest BCUT2D eigenvalue weighted by Crippen LogP contribution is -2.28. The zero-order valence-corrected chi connectivity index (χ0v) is 18.5. The molecule has 0 saturated heterocycles. The Balaban J connectivity index is 1.52. The number of hydrogen-bond acceptors (Lipinski definition) is 4. The molecule has 3 aromatic carbocycles. The van der Waals surface area contributed by atoms with Crippen LogP contribution in [0.5, 0.6) is 5.75 Å². The van der Waals surface area contributed by atoms with Crippen LogP contribution in [0.15, 0.2) is 77.7 Å². The van der Waals surface area contributed by atoms with Crippen LogP contribution in [0.3, 0.4) is 0 Å². The highest BCUT2D eigenvalue weighted by Crippen LogP contribution is 2.14. The smallest absolute Gasteiger partial charge is 0.258 e. The van der Waals surface area contributed by atoms with Crippen molar-refractivity contribution < 1.29 is 22.3 Å². The van der Waals surface area contributed by atoms with Gasteiger partial charge in [-0.2, -0.15) is 0 Å². The molecule has 0 aromatic heterocycles. The molecule has 168 valence electrons. The van der Waals surface area contributed by atoms with E-state index in [0.717, 1.165) is 6.42 Å². The number of rotatable bonds is 10. The van der Waals surface area contributed by atoms with Crippen molar-refractivity contribution in [2.24, 2.45) is 0 Å². The van der Waals surface area contributed by atoms with E-state index in [2.05, 4.69) is 17.0 Å². The lowest BCUT2D eigenvalue weighted by molar-refractivity contribution is -0.123. The third kappa shape index (κ3) is 6.90. The molecule has 32 heavy (non-hydrogen) atoms. The van der Waals surface area contributed by atoms with Crippen molar-refractivity contribution in [2.45, 2.75) is 31.3 Å². The third-order valence-electron chi connectivity index (χ3n) is 4.76. The van der Waals surface area contributed by atoms with E-state index < -0.39 is 15.8 Å². The zero-order chi connectivity index (χ0) is 23.0. The number of halogens is 1. The van der Waals surface area contributed by atoms with Crippen LogP contribution >= 0.6 is 0 Å². The quantitative estimate of drug-likeness (QED) is 0.489. The van der Waals surface area contributed by atoms with Crippen LogP contribution in [-0.2, 0) is 34.3 Å². The van der Waals surface area contributed by atoms with E-state index in [-0.39, 0.29) is 30.5 Å². The highest BCUT2D eigenvalue weighted by atomic mass is 32.2.